The number of nitrogens with two attached hydrogens (primary N) is 1. The first-order valence-electron chi connectivity index (χ1n) is 6.41. The largest absolute Gasteiger partial charge is 0.399 e. The molecule has 0 radical (unpaired) electrons. The maximum absolute atomic E-state index is 12.8. The van der Waals surface area contributed by atoms with Crippen LogP contribution in [0.4, 0.5) is 5.69 Å². The van der Waals surface area contributed by atoms with Gasteiger partial charge < -0.3 is 5.73 Å². The number of rotatable bonds is 5. The topological polar surface area (TPSA) is 63.4 Å². The van der Waals surface area contributed by atoms with Crippen LogP contribution in [0, 0.1) is 0 Å². The molecule has 7 heteroatoms. The predicted molar refractivity (Wildman–Crippen MR) is 88.0 cm³/mol. The molecule has 2 rings (SSSR count). The summed E-state index contributed by atoms with van der Waals surface area (Å²) in [5.74, 6) is 0. The molecule has 4 nitrogen and oxygen atoms in total. The van der Waals surface area contributed by atoms with E-state index in [1.54, 1.807) is 6.07 Å². The molecule has 0 amide bonds. The summed E-state index contributed by atoms with van der Waals surface area (Å²) in [4.78, 5) is 1.07. The zero-order chi connectivity index (χ0) is 15.6. The molecule has 2 N–H and O–H groups in total. The maximum atomic E-state index is 12.8. The first-order chi connectivity index (χ1) is 9.82. The zero-order valence-electron chi connectivity index (χ0n) is 11.8. The van der Waals surface area contributed by atoms with Crippen LogP contribution >= 0.6 is 22.9 Å². The monoisotopic (exact) mass is 344 g/mol. The Kier molecular flexibility index (Phi) is 4.93. The molecule has 0 aliphatic rings. The molecule has 0 aliphatic carbocycles. The molecule has 0 bridgehead atoms. The number of halogens is 1. The van der Waals surface area contributed by atoms with Gasteiger partial charge in [-0.2, -0.15) is 4.31 Å². The lowest BCUT2D eigenvalue weighted by Crippen LogP contribution is -2.36. The van der Waals surface area contributed by atoms with Crippen molar-refractivity contribution in [3.05, 3.63) is 45.6 Å². The van der Waals surface area contributed by atoms with E-state index in [4.69, 9.17) is 17.3 Å². The minimum Gasteiger partial charge on any atom is -0.399 e. The highest BCUT2D eigenvalue weighted by atomic mass is 35.5. The maximum Gasteiger partial charge on any atom is 0.245 e. The molecule has 0 spiro atoms. The van der Waals surface area contributed by atoms with Crippen molar-refractivity contribution in [2.45, 2.75) is 31.3 Å². The van der Waals surface area contributed by atoms with Crippen molar-refractivity contribution in [1.29, 1.82) is 0 Å². The van der Waals surface area contributed by atoms with Crippen molar-refractivity contribution < 1.29 is 8.42 Å². The van der Waals surface area contributed by atoms with Crippen LogP contribution in [-0.4, -0.2) is 18.8 Å². The van der Waals surface area contributed by atoms with E-state index in [-0.39, 0.29) is 16.0 Å². The number of anilines is 1. The number of sulfonamides is 1. The van der Waals surface area contributed by atoms with Gasteiger partial charge in [0.05, 0.1) is 5.02 Å². The number of nitrogen functional groups attached to an aromatic ring is 1. The van der Waals surface area contributed by atoms with E-state index in [0.717, 1.165) is 4.88 Å². The molecule has 114 valence electrons. The van der Waals surface area contributed by atoms with Gasteiger partial charge in [-0.15, -0.1) is 11.3 Å². The standard InChI is InChI=1S/C14H17ClN2O2S2/c1-10(2)17(9-12-4-3-7-20-12)21(18,19)14-6-5-11(16)8-13(14)15/h3-8,10H,9,16H2,1-2H3. The lowest BCUT2D eigenvalue weighted by molar-refractivity contribution is 0.350. The third kappa shape index (κ3) is 3.58. The van der Waals surface area contributed by atoms with Crippen LogP contribution in [0.2, 0.25) is 5.02 Å². The second-order valence-corrected chi connectivity index (χ2v) is 8.21. The van der Waals surface area contributed by atoms with Gasteiger partial charge in [0.1, 0.15) is 4.90 Å². The van der Waals surface area contributed by atoms with E-state index in [9.17, 15) is 8.42 Å². The van der Waals surface area contributed by atoms with Crippen molar-refractivity contribution in [1.82, 2.24) is 4.31 Å². The van der Waals surface area contributed by atoms with E-state index in [1.165, 1.54) is 27.8 Å². The Morgan fingerprint density at radius 1 is 1.33 bits per heavy atom. The Hall–Kier alpha value is -1.08. The molecule has 0 saturated heterocycles. The van der Waals surface area contributed by atoms with Gasteiger partial charge in [0.25, 0.3) is 0 Å². The lowest BCUT2D eigenvalue weighted by atomic mass is 10.3. The van der Waals surface area contributed by atoms with Crippen molar-refractivity contribution >= 4 is 38.6 Å². The van der Waals surface area contributed by atoms with Gasteiger partial charge in [-0.25, -0.2) is 8.42 Å². The fourth-order valence-corrected chi connectivity index (χ4v) is 4.88. The third-order valence-corrected chi connectivity index (χ3v) is 6.38. The molecule has 0 saturated carbocycles. The normalized spacial score (nSPS) is 12.2. The average molecular weight is 345 g/mol. The summed E-state index contributed by atoms with van der Waals surface area (Å²) in [5.41, 5.74) is 6.06. The van der Waals surface area contributed by atoms with Crippen LogP contribution in [0.15, 0.2) is 40.6 Å². The van der Waals surface area contributed by atoms with Crippen molar-refractivity contribution in [3.63, 3.8) is 0 Å². The number of hydrogen-bond donors (Lipinski definition) is 1. The van der Waals surface area contributed by atoms with Crippen molar-refractivity contribution in [3.8, 4) is 0 Å². The van der Waals surface area contributed by atoms with E-state index < -0.39 is 10.0 Å². The fraction of sp³-hybridized carbons (Fsp3) is 0.286. The SMILES string of the molecule is CC(C)N(Cc1cccs1)S(=O)(=O)c1ccc(N)cc1Cl. The van der Waals surface area contributed by atoms with Crippen LogP contribution in [0.1, 0.15) is 18.7 Å². The van der Waals surface area contributed by atoms with Crippen LogP contribution < -0.4 is 5.73 Å². The number of thiophene rings is 1. The third-order valence-electron chi connectivity index (χ3n) is 3.01. The summed E-state index contributed by atoms with van der Waals surface area (Å²) >= 11 is 7.59. The predicted octanol–water partition coefficient (Wildman–Crippen LogP) is 3.58. The molecule has 21 heavy (non-hydrogen) atoms. The minimum absolute atomic E-state index is 0.0867. The molecule has 0 unspecified atom stereocenters. The molecule has 0 atom stereocenters. The summed E-state index contributed by atoms with van der Waals surface area (Å²) in [6.07, 6.45) is 0. The highest BCUT2D eigenvalue weighted by molar-refractivity contribution is 7.89. The van der Waals surface area contributed by atoms with Gasteiger partial charge in [-0.05, 0) is 43.5 Å². The molecule has 1 aromatic carbocycles. The minimum atomic E-state index is -3.67. The van der Waals surface area contributed by atoms with Gasteiger partial charge in [-0.1, -0.05) is 17.7 Å². The highest BCUT2D eigenvalue weighted by Gasteiger charge is 2.29. The molecule has 0 aliphatic heterocycles. The zero-order valence-corrected chi connectivity index (χ0v) is 14.2. The first kappa shape index (κ1) is 16.3. The summed E-state index contributed by atoms with van der Waals surface area (Å²) < 4.78 is 27.1. The Morgan fingerprint density at radius 2 is 2.05 bits per heavy atom. The Balaban J connectivity index is 2.42. The number of hydrogen-bond acceptors (Lipinski definition) is 4. The van der Waals surface area contributed by atoms with Crippen LogP contribution in [0.3, 0.4) is 0 Å². The molecule has 0 fully saturated rings. The average Bonchev–Trinajstić information content (AvgIpc) is 2.87. The lowest BCUT2D eigenvalue weighted by Gasteiger charge is -2.26. The Morgan fingerprint density at radius 3 is 2.57 bits per heavy atom. The van der Waals surface area contributed by atoms with Gasteiger partial charge in [-0.3, -0.25) is 0 Å². The van der Waals surface area contributed by atoms with Crippen LogP contribution in [0.25, 0.3) is 0 Å². The van der Waals surface area contributed by atoms with E-state index in [0.29, 0.717) is 12.2 Å². The van der Waals surface area contributed by atoms with Gasteiger partial charge in [0.15, 0.2) is 0 Å². The van der Waals surface area contributed by atoms with E-state index in [1.807, 2.05) is 31.4 Å². The van der Waals surface area contributed by atoms with Gasteiger partial charge in [0.2, 0.25) is 10.0 Å². The summed E-state index contributed by atoms with van der Waals surface area (Å²) in [6.45, 7) is 4.02. The molecular formula is C14H17ClN2O2S2. The molecule has 1 heterocycles. The second-order valence-electron chi connectivity index (χ2n) is 4.91. The second kappa shape index (κ2) is 6.36. The smallest absolute Gasteiger partial charge is 0.245 e. The highest BCUT2D eigenvalue weighted by Crippen LogP contribution is 2.29. The molecule has 1 aromatic heterocycles. The van der Waals surface area contributed by atoms with E-state index in [2.05, 4.69) is 0 Å². The first-order valence-corrected chi connectivity index (χ1v) is 9.11. The summed E-state index contributed by atoms with van der Waals surface area (Å²) in [6, 6.07) is 8.10. The van der Waals surface area contributed by atoms with Gasteiger partial charge in [0, 0.05) is 23.2 Å². The number of benzene rings is 1. The summed E-state index contributed by atoms with van der Waals surface area (Å²) in [5, 5.41) is 2.07. The van der Waals surface area contributed by atoms with Crippen LogP contribution in [-0.2, 0) is 16.6 Å². The molecular weight excluding hydrogens is 328 g/mol. The summed E-state index contributed by atoms with van der Waals surface area (Å²) in [7, 11) is -3.67. The van der Waals surface area contributed by atoms with E-state index >= 15 is 0 Å². The van der Waals surface area contributed by atoms with Crippen molar-refractivity contribution in [2.75, 3.05) is 5.73 Å². The fourth-order valence-electron chi connectivity index (χ4n) is 1.95. The van der Waals surface area contributed by atoms with Crippen molar-refractivity contribution in [2.24, 2.45) is 0 Å². The van der Waals surface area contributed by atoms with Gasteiger partial charge >= 0.3 is 0 Å². The molecule has 2 aromatic rings. The number of nitrogens with zero attached hydrogens (tertiary/aromatic N) is 1. The Bertz CT molecular complexity index is 713. The quantitative estimate of drug-likeness (QED) is 0.843. The van der Waals surface area contributed by atoms with Crippen LogP contribution in [0.5, 0.6) is 0 Å². The Labute approximate surface area is 134 Å².